The van der Waals surface area contributed by atoms with Crippen LogP contribution in [0.15, 0.2) is 24.3 Å². The van der Waals surface area contributed by atoms with Crippen LogP contribution in [-0.4, -0.2) is 16.6 Å². The summed E-state index contributed by atoms with van der Waals surface area (Å²) in [4.78, 5) is 4.69. The molecule has 0 spiro atoms. The van der Waals surface area contributed by atoms with Gasteiger partial charge in [-0.1, -0.05) is 11.3 Å². The van der Waals surface area contributed by atoms with Crippen LogP contribution in [0.4, 0.5) is 5.00 Å². The van der Waals surface area contributed by atoms with Gasteiger partial charge in [0.05, 0.1) is 5.69 Å². The lowest BCUT2D eigenvalue weighted by molar-refractivity contribution is 0.475. The minimum atomic E-state index is 0. The number of aryl methyl sites for hydroxylation is 1. The van der Waals surface area contributed by atoms with Gasteiger partial charge in [0.1, 0.15) is 15.8 Å². The Balaban J connectivity index is 0.00000120. The zero-order valence-electron chi connectivity index (χ0n) is 9.85. The van der Waals surface area contributed by atoms with E-state index in [-0.39, 0.29) is 12.4 Å². The summed E-state index contributed by atoms with van der Waals surface area (Å²) in [5, 5.41) is 15.0. The second-order valence-corrected chi connectivity index (χ2v) is 5.22. The van der Waals surface area contributed by atoms with Crippen LogP contribution in [0.5, 0.6) is 5.75 Å². The van der Waals surface area contributed by atoms with Crippen molar-refractivity contribution in [2.75, 3.05) is 11.9 Å². The fourth-order valence-electron chi connectivity index (χ4n) is 2.01. The van der Waals surface area contributed by atoms with E-state index in [0.29, 0.717) is 5.75 Å². The van der Waals surface area contributed by atoms with Gasteiger partial charge in [-0.15, -0.1) is 12.4 Å². The zero-order chi connectivity index (χ0) is 11.7. The Labute approximate surface area is 116 Å². The van der Waals surface area contributed by atoms with Crippen molar-refractivity contribution in [3.05, 3.63) is 30.0 Å². The Bertz CT molecular complexity index is 501. The van der Waals surface area contributed by atoms with E-state index >= 15 is 0 Å². The SMILES string of the molecule is Cl.Oc1ccc(-c2nc3c(s2)NCCCC3)cc1. The number of hydrogen-bond donors (Lipinski definition) is 2. The Morgan fingerprint density at radius 1 is 1.17 bits per heavy atom. The normalized spacial score (nSPS) is 14.0. The van der Waals surface area contributed by atoms with E-state index in [1.807, 2.05) is 12.1 Å². The van der Waals surface area contributed by atoms with Gasteiger partial charge in [-0.3, -0.25) is 0 Å². The summed E-state index contributed by atoms with van der Waals surface area (Å²) >= 11 is 1.70. The van der Waals surface area contributed by atoms with Crippen molar-refractivity contribution in [1.29, 1.82) is 0 Å². The third-order valence-electron chi connectivity index (χ3n) is 2.94. The number of hydrogen-bond acceptors (Lipinski definition) is 4. The standard InChI is InChI=1S/C13H14N2OS.ClH/c16-10-6-4-9(5-7-10)12-15-11-3-1-2-8-14-13(11)17-12;/h4-7,14,16H,1-3,8H2;1H. The molecule has 1 aliphatic rings. The fraction of sp³-hybridized carbons (Fsp3) is 0.308. The fourth-order valence-corrected chi connectivity index (χ4v) is 3.05. The van der Waals surface area contributed by atoms with Gasteiger partial charge in [0.25, 0.3) is 0 Å². The minimum absolute atomic E-state index is 0. The number of aromatic nitrogens is 1. The van der Waals surface area contributed by atoms with Crippen molar-refractivity contribution >= 4 is 28.7 Å². The number of thiazole rings is 1. The molecular weight excluding hydrogens is 268 g/mol. The van der Waals surface area contributed by atoms with Crippen LogP contribution in [-0.2, 0) is 6.42 Å². The third kappa shape index (κ3) is 2.60. The largest absolute Gasteiger partial charge is 0.508 e. The minimum Gasteiger partial charge on any atom is -0.508 e. The van der Waals surface area contributed by atoms with Crippen LogP contribution in [0.3, 0.4) is 0 Å². The zero-order valence-corrected chi connectivity index (χ0v) is 11.5. The summed E-state index contributed by atoms with van der Waals surface area (Å²) in [7, 11) is 0. The average Bonchev–Trinajstić information content (AvgIpc) is 2.62. The highest BCUT2D eigenvalue weighted by atomic mass is 35.5. The molecule has 0 atom stereocenters. The number of nitrogens with zero attached hydrogens (tertiary/aromatic N) is 1. The topological polar surface area (TPSA) is 45.2 Å². The summed E-state index contributed by atoms with van der Waals surface area (Å²) in [6.45, 7) is 1.05. The maximum Gasteiger partial charge on any atom is 0.125 e. The van der Waals surface area contributed by atoms with Crippen molar-refractivity contribution in [1.82, 2.24) is 4.98 Å². The molecule has 18 heavy (non-hydrogen) atoms. The molecule has 3 rings (SSSR count). The van der Waals surface area contributed by atoms with Crippen molar-refractivity contribution in [2.24, 2.45) is 0 Å². The Hall–Kier alpha value is -1.26. The predicted octanol–water partition coefficient (Wildman–Crippen LogP) is 3.69. The lowest BCUT2D eigenvalue weighted by Crippen LogP contribution is -1.96. The summed E-state index contributed by atoms with van der Waals surface area (Å²) in [5.41, 5.74) is 2.26. The Kier molecular flexibility index (Phi) is 4.09. The number of phenols is 1. The van der Waals surface area contributed by atoms with Crippen LogP contribution in [0.2, 0.25) is 0 Å². The Morgan fingerprint density at radius 2 is 1.94 bits per heavy atom. The second kappa shape index (κ2) is 5.59. The van der Waals surface area contributed by atoms with Crippen LogP contribution in [0.1, 0.15) is 18.5 Å². The number of phenolic OH excluding ortho intramolecular Hbond substituents is 1. The lowest BCUT2D eigenvalue weighted by Gasteiger charge is -1.98. The molecule has 0 saturated heterocycles. The molecule has 96 valence electrons. The van der Waals surface area contributed by atoms with Gasteiger partial charge in [-0.25, -0.2) is 4.98 Å². The molecule has 2 heterocycles. The molecule has 0 unspecified atom stereocenters. The molecule has 1 aromatic carbocycles. The molecule has 0 aliphatic carbocycles. The lowest BCUT2D eigenvalue weighted by atomic mass is 10.2. The molecule has 1 aliphatic heterocycles. The molecule has 1 aromatic heterocycles. The summed E-state index contributed by atoms with van der Waals surface area (Å²) in [6, 6.07) is 7.23. The predicted molar refractivity (Wildman–Crippen MR) is 77.9 cm³/mol. The van der Waals surface area contributed by atoms with Gasteiger partial charge in [0.15, 0.2) is 0 Å². The first-order chi connectivity index (χ1) is 8.33. The average molecular weight is 283 g/mol. The number of halogens is 1. The molecule has 0 bridgehead atoms. The maximum absolute atomic E-state index is 9.27. The molecule has 0 fully saturated rings. The van der Waals surface area contributed by atoms with E-state index in [1.54, 1.807) is 23.5 Å². The second-order valence-electron chi connectivity index (χ2n) is 4.23. The first kappa shape index (κ1) is 13.2. The molecule has 0 amide bonds. The highest BCUT2D eigenvalue weighted by Gasteiger charge is 2.14. The molecule has 3 nitrogen and oxygen atoms in total. The van der Waals surface area contributed by atoms with E-state index in [9.17, 15) is 5.11 Å². The molecule has 5 heteroatoms. The number of fused-ring (bicyclic) bond motifs is 1. The molecule has 0 saturated carbocycles. The van der Waals surface area contributed by atoms with E-state index in [1.165, 1.54) is 23.5 Å². The summed E-state index contributed by atoms with van der Waals surface area (Å²) in [6.07, 6.45) is 3.49. The van der Waals surface area contributed by atoms with Crippen LogP contribution in [0.25, 0.3) is 10.6 Å². The van der Waals surface area contributed by atoms with Gasteiger partial charge < -0.3 is 10.4 Å². The van der Waals surface area contributed by atoms with Crippen molar-refractivity contribution in [2.45, 2.75) is 19.3 Å². The molecule has 2 aromatic rings. The highest BCUT2D eigenvalue weighted by Crippen LogP contribution is 2.34. The quantitative estimate of drug-likeness (QED) is 0.838. The van der Waals surface area contributed by atoms with Crippen molar-refractivity contribution in [3.63, 3.8) is 0 Å². The number of anilines is 1. The van der Waals surface area contributed by atoms with Crippen molar-refractivity contribution in [3.8, 4) is 16.3 Å². The Morgan fingerprint density at radius 3 is 2.72 bits per heavy atom. The number of rotatable bonds is 1. The maximum atomic E-state index is 9.27. The van der Waals surface area contributed by atoms with Crippen LogP contribution in [0, 0.1) is 0 Å². The van der Waals surface area contributed by atoms with E-state index in [0.717, 1.165) is 23.5 Å². The summed E-state index contributed by atoms with van der Waals surface area (Å²) in [5.74, 6) is 0.296. The number of aromatic hydroxyl groups is 1. The van der Waals surface area contributed by atoms with Gasteiger partial charge >= 0.3 is 0 Å². The van der Waals surface area contributed by atoms with Gasteiger partial charge in [-0.05, 0) is 43.5 Å². The number of benzene rings is 1. The summed E-state index contributed by atoms with van der Waals surface area (Å²) < 4.78 is 0. The third-order valence-corrected chi connectivity index (χ3v) is 4.04. The van der Waals surface area contributed by atoms with Gasteiger partial charge in [-0.2, -0.15) is 0 Å². The smallest absolute Gasteiger partial charge is 0.125 e. The van der Waals surface area contributed by atoms with Gasteiger partial charge in [0, 0.05) is 12.1 Å². The highest BCUT2D eigenvalue weighted by molar-refractivity contribution is 7.19. The monoisotopic (exact) mass is 282 g/mol. The van der Waals surface area contributed by atoms with Crippen LogP contribution >= 0.6 is 23.7 Å². The first-order valence-electron chi connectivity index (χ1n) is 5.86. The van der Waals surface area contributed by atoms with Gasteiger partial charge in [0.2, 0.25) is 0 Å². The van der Waals surface area contributed by atoms with Crippen molar-refractivity contribution < 1.29 is 5.11 Å². The van der Waals surface area contributed by atoms with E-state index in [4.69, 9.17) is 0 Å². The first-order valence-corrected chi connectivity index (χ1v) is 6.67. The van der Waals surface area contributed by atoms with E-state index < -0.39 is 0 Å². The van der Waals surface area contributed by atoms with Crippen LogP contribution < -0.4 is 5.32 Å². The number of nitrogens with one attached hydrogen (secondary N) is 1. The molecule has 2 N–H and O–H groups in total. The molecule has 0 radical (unpaired) electrons. The van der Waals surface area contributed by atoms with E-state index in [2.05, 4.69) is 10.3 Å². The molecular formula is C13H15ClN2OS.